The van der Waals surface area contributed by atoms with Crippen LogP contribution in [-0.2, 0) is 19.2 Å². The van der Waals surface area contributed by atoms with E-state index >= 15 is 0 Å². The van der Waals surface area contributed by atoms with Crippen LogP contribution < -0.4 is 10.6 Å². The number of amides is 1. The Labute approximate surface area is 156 Å². The van der Waals surface area contributed by atoms with Crippen LogP contribution in [0.5, 0.6) is 0 Å². The second kappa shape index (κ2) is 9.63. The Morgan fingerprint density at radius 3 is 2.48 bits per heavy atom. The lowest BCUT2D eigenvalue weighted by atomic mass is 10.00. The largest absolute Gasteiger partial charge is 0.483 e. The topological polar surface area (TPSA) is 133 Å². The standard InChI is InChI=1S/C18H20N2O4.CH2O2/c21-16-7-6-13(11-4-2-1-3-5-11)14(16)9-17(22)20-12-8-15(18(23)24)19-10-12;2-1-3/h1-5,12,15,19H,6-10H2,(H,20,22)(H,23,24);1H,(H,2,3)/t12-,15-;/m0./s1. The number of carboxylic acid groups (broad SMARTS) is 2. The Balaban J connectivity index is 0.000000817. The monoisotopic (exact) mass is 374 g/mol. The van der Waals surface area contributed by atoms with Gasteiger partial charge in [0.05, 0.1) is 6.42 Å². The van der Waals surface area contributed by atoms with E-state index < -0.39 is 12.0 Å². The third-order valence-corrected chi connectivity index (χ3v) is 4.56. The van der Waals surface area contributed by atoms with Crippen molar-refractivity contribution in [2.45, 2.75) is 37.8 Å². The molecule has 144 valence electrons. The molecule has 4 N–H and O–H groups in total. The third kappa shape index (κ3) is 5.49. The Hall–Kier alpha value is -3.00. The highest BCUT2D eigenvalue weighted by atomic mass is 16.4. The second-order valence-electron chi connectivity index (χ2n) is 6.33. The first-order chi connectivity index (χ1) is 13.0. The number of carbonyl (C=O) groups is 4. The van der Waals surface area contributed by atoms with Gasteiger partial charge in [0.1, 0.15) is 6.04 Å². The molecule has 1 saturated heterocycles. The van der Waals surface area contributed by atoms with E-state index in [1.54, 1.807) is 0 Å². The van der Waals surface area contributed by atoms with Gasteiger partial charge in [0.2, 0.25) is 5.91 Å². The number of allylic oxidation sites excluding steroid dienone is 1. The van der Waals surface area contributed by atoms with Crippen LogP contribution in [0.25, 0.3) is 5.57 Å². The molecule has 2 aliphatic rings. The van der Waals surface area contributed by atoms with Gasteiger partial charge in [0.25, 0.3) is 6.47 Å². The number of hydrogen-bond acceptors (Lipinski definition) is 5. The van der Waals surface area contributed by atoms with E-state index in [0.717, 1.165) is 11.1 Å². The summed E-state index contributed by atoms with van der Waals surface area (Å²) in [6.07, 6.45) is 1.52. The molecule has 0 saturated carbocycles. The average molecular weight is 374 g/mol. The maximum atomic E-state index is 12.3. The Kier molecular flexibility index (Phi) is 7.25. The molecule has 3 rings (SSSR count). The van der Waals surface area contributed by atoms with E-state index in [4.69, 9.17) is 15.0 Å². The second-order valence-corrected chi connectivity index (χ2v) is 6.33. The predicted molar refractivity (Wildman–Crippen MR) is 96.9 cm³/mol. The molecular formula is C19H22N2O6. The van der Waals surface area contributed by atoms with Crippen LogP contribution >= 0.6 is 0 Å². The summed E-state index contributed by atoms with van der Waals surface area (Å²) in [6.45, 7) is 0.182. The van der Waals surface area contributed by atoms with Gasteiger partial charge in [0, 0.05) is 24.6 Å². The lowest BCUT2D eigenvalue weighted by molar-refractivity contribution is -0.139. The number of carbonyl (C=O) groups excluding carboxylic acids is 2. The van der Waals surface area contributed by atoms with Gasteiger partial charge < -0.3 is 20.8 Å². The van der Waals surface area contributed by atoms with Crippen molar-refractivity contribution in [1.82, 2.24) is 10.6 Å². The number of rotatable bonds is 5. The first-order valence-corrected chi connectivity index (χ1v) is 8.60. The fraction of sp³-hybridized carbons (Fsp3) is 0.368. The summed E-state index contributed by atoms with van der Waals surface area (Å²) in [4.78, 5) is 43.7. The lowest BCUT2D eigenvalue weighted by Crippen LogP contribution is -2.36. The van der Waals surface area contributed by atoms with Crippen molar-refractivity contribution >= 4 is 29.7 Å². The summed E-state index contributed by atoms with van der Waals surface area (Å²) in [6, 6.07) is 8.81. The van der Waals surface area contributed by atoms with Crippen LogP contribution in [0.3, 0.4) is 0 Å². The first-order valence-electron chi connectivity index (χ1n) is 8.60. The zero-order valence-electron chi connectivity index (χ0n) is 14.7. The van der Waals surface area contributed by atoms with Crippen molar-refractivity contribution in [3.63, 3.8) is 0 Å². The van der Waals surface area contributed by atoms with E-state index in [2.05, 4.69) is 10.6 Å². The van der Waals surface area contributed by atoms with Crippen LogP contribution in [-0.4, -0.2) is 53.0 Å². The Bertz CT molecular complexity index is 744. The first kappa shape index (κ1) is 20.3. The minimum Gasteiger partial charge on any atom is -0.483 e. The maximum absolute atomic E-state index is 12.3. The van der Waals surface area contributed by atoms with Crippen LogP contribution in [0.2, 0.25) is 0 Å². The molecule has 1 fully saturated rings. The number of carboxylic acids is 1. The van der Waals surface area contributed by atoms with Crippen molar-refractivity contribution in [3.05, 3.63) is 41.5 Å². The van der Waals surface area contributed by atoms with Crippen molar-refractivity contribution in [3.8, 4) is 0 Å². The van der Waals surface area contributed by atoms with Crippen molar-refractivity contribution in [2.24, 2.45) is 0 Å². The molecule has 1 aromatic rings. The molecule has 1 heterocycles. The number of aliphatic carboxylic acids is 1. The Morgan fingerprint density at radius 1 is 1.22 bits per heavy atom. The molecule has 0 unspecified atom stereocenters. The summed E-state index contributed by atoms with van der Waals surface area (Å²) in [5, 5.41) is 21.5. The molecule has 1 aliphatic carbocycles. The smallest absolute Gasteiger partial charge is 0.320 e. The summed E-state index contributed by atoms with van der Waals surface area (Å²) >= 11 is 0. The molecule has 0 radical (unpaired) electrons. The van der Waals surface area contributed by atoms with Crippen LogP contribution in [0.1, 0.15) is 31.2 Å². The van der Waals surface area contributed by atoms with Crippen LogP contribution in [0.4, 0.5) is 0 Å². The minimum atomic E-state index is -0.910. The summed E-state index contributed by atoms with van der Waals surface area (Å²) in [5.74, 6) is -1.12. The zero-order valence-corrected chi connectivity index (χ0v) is 14.7. The van der Waals surface area contributed by atoms with Crippen molar-refractivity contribution in [1.29, 1.82) is 0 Å². The van der Waals surface area contributed by atoms with E-state index in [-0.39, 0.29) is 30.6 Å². The number of hydrogen-bond donors (Lipinski definition) is 4. The van der Waals surface area contributed by atoms with Crippen molar-refractivity contribution < 1.29 is 29.4 Å². The normalized spacial score (nSPS) is 21.4. The van der Waals surface area contributed by atoms with E-state index in [9.17, 15) is 14.4 Å². The third-order valence-electron chi connectivity index (χ3n) is 4.56. The van der Waals surface area contributed by atoms with E-state index in [1.165, 1.54) is 0 Å². The summed E-state index contributed by atoms with van der Waals surface area (Å²) in [5.41, 5.74) is 2.52. The molecule has 8 heteroatoms. The molecule has 8 nitrogen and oxygen atoms in total. The predicted octanol–water partition coefficient (Wildman–Crippen LogP) is 0.825. The highest BCUT2D eigenvalue weighted by Gasteiger charge is 2.31. The van der Waals surface area contributed by atoms with Gasteiger partial charge in [-0.3, -0.25) is 19.2 Å². The van der Waals surface area contributed by atoms with Crippen LogP contribution in [0, 0.1) is 0 Å². The number of ketones is 1. The molecule has 27 heavy (non-hydrogen) atoms. The molecule has 1 aliphatic heterocycles. The molecule has 2 atom stereocenters. The summed E-state index contributed by atoms with van der Waals surface area (Å²) < 4.78 is 0. The van der Waals surface area contributed by atoms with Gasteiger partial charge in [0.15, 0.2) is 5.78 Å². The van der Waals surface area contributed by atoms with Gasteiger partial charge >= 0.3 is 5.97 Å². The maximum Gasteiger partial charge on any atom is 0.320 e. The van der Waals surface area contributed by atoms with E-state index in [1.807, 2.05) is 30.3 Å². The summed E-state index contributed by atoms with van der Waals surface area (Å²) in [7, 11) is 0. The molecule has 0 bridgehead atoms. The van der Waals surface area contributed by atoms with Crippen molar-refractivity contribution in [2.75, 3.05) is 6.54 Å². The SMILES string of the molecule is O=C(CC1=C(c2ccccc2)CCC1=O)N[C@@H]1CN[C@H](C(=O)O)C1.O=CO. The highest BCUT2D eigenvalue weighted by Crippen LogP contribution is 2.33. The van der Waals surface area contributed by atoms with Gasteiger partial charge in [-0.25, -0.2) is 0 Å². The number of benzene rings is 1. The van der Waals surface area contributed by atoms with Gasteiger partial charge in [-0.05, 0) is 24.0 Å². The average Bonchev–Trinajstić information content (AvgIpc) is 3.24. The van der Waals surface area contributed by atoms with Gasteiger partial charge in [-0.15, -0.1) is 0 Å². The minimum absolute atomic E-state index is 0.0250. The van der Waals surface area contributed by atoms with E-state index in [0.29, 0.717) is 31.4 Å². The fourth-order valence-corrected chi connectivity index (χ4v) is 3.34. The molecule has 1 amide bonds. The van der Waals surface area contributed by atoms with Gasteiger partial charge in [-0.2, -0.15) is 0 Å². The molecular weight excluding hydrogens is 352 g/mol. The fourth-order valence-electron chi connectivity index (χ4n) is 3.34. The molecule has 0 aromatic heterocycles. The lowest BCUT2D eigenvalue weighted by Gasteiger charge is -2.12. The molecule has 0 spiro atoms. The Morgan fingerprint density at radius 2 is 1.89 bits per heavy atom. The number of nitrogens with one attached hydrogen (secondary N) is 2. The number of Topliss-reactive ketones (excluding diaryl/α,β-unsaturated/α-hetero) is 1. The van der Waals surface area contributed by atoms with Gasteiger partial charge in [-0.1, -0.05) is 30.3 Å². The van der Waals surface area contributed by atoms with Crippen LogP contribution in [0.15, 0.2) is 35.9 Å². The quantitative estimate of drug-likeness (QED) is 0.561. The molecule has 1 aromatic carbocycles. The highest BCUT2D eigenvalue weighted by molar-refractivity contribution is 6.10. The zero-order chi connectivity index (χ0) is 19.8.